The van der Waals surface area contributed by atoms with E-state index in [2.05, 4.69) is 10.1 Å². The van der Waals surface area contributed by atoms with E-state index >= 15 is 0 Å². The van der Waals surface area contributed by atoms with Crippen molar-refractivity contribution in [1.29, 1.82) is 0 Å². The van der Waals surface area contributed by atoms with Crippen molar-refractivity contribution in [3.8, 4) is 17.2 Å². The van der Waals surface area contributed by atoms with Crippen LogP contribution in [0.4, 0.5) is 14.5 Å². The average Bonchev–Trinajstić information content (AvgIpc) is 2.98. The molecule has 1 spiro atoms. The van der Waals surface area contributed by atoms with Crippen molar-refractivity contribution in [1.82, 2.24) is 0 Å². The first kappa shape index (κ1) is 17.6. The number of carbonyl (C=O) groups is 1. The summed E-state index contributed by atoms with van der Waals surface area (Å²) >= 11 is 0. The zero-order valence-corrected chi connectivity index (χ0v) is 14.5. The van der Waals surface area contributed by atoms with Crippen LogP contribution in [0.2, 0.25) is 0 Å². The van der Waals surface area contributed by atoms with Crippen molar-refractivity contribution in [2.75, 3.05) is 5.32 Å². The molecule has 1 amide bonds. The van der Waals surface area contributed by atoms with Gasteiger partial charge >= 0.3 is 6.61 Å². The summed E-state index contributed by atoms with van der Waals surface area (Å²) in [5.74, 6) is -0.0893. The van der Waals surface area contributed by atoms with Crippen LogP contribution in [0.5, 0.6) is 17.2 Å². The molecule has 7 heteroatoms. The van der Waals surface area contributed by atoms with Gasteiger partial charge in [0.05, 0.1) is 5.56 Å². The minimum atomic E-state index is -3.00. The first-order valence-electron chi connectivity index (χ1n) is 8.92. The lowest BCUT2D eigenvalue weighted by atomic mass is 9.94. The highest BCUT2D eigenvalue weighted by Crippen LogP contribution is 2.46. The number of amides is 1. The maximum absolute atomic E-state index is 12.5. The Morgan fingerprint density at radius 2 is 1.78 bits per heavy atom. The average molecular weight is 375 g/mol. The summed E-state index contributed by atoms with van der Waals surface area (Å²) in [6, 6.07) is 11.0. The molecule has 2 aromatic rings. The topological polar surface area (TPSA) is 56.8 Å². The predicted molar refractivity (Wildman–Crippen MR) is 94.5 cm³/mol. The predicted octanol–water partition coefficient (Wildman–Crippen LogP) is 4.97. The monoisotopic (exact) mass is 375 g/mol. The van der Waals surface area contributed by atoms with Crippen LogP contribution in [0.25, 0.3) is 0 Å². The van der Waals surface area contributed by atoms with Gasteiger partial charge in [-0.2, -0.15) is 8.78 Å². The van der Waals surface area contributed by atoms with Crippen molar-refractivity contribution in [3.05, 3.63) is 48.0 Å². The zero-order valence-electron chi connectivity index (χ0n) is 14.5. The molecule has 0 saturated heterocycles. The van der Waals surface area contributed by atoms with E-state index in [1.165, 1.54) is 24.6 Å². The Balaban J connectivity index is 1.50. The molecule has 1 saturated carbocycles. The molecular weight excluding hydrogens is 356 g/mol. The third kappa shape index (κ3) is 3.67. The lowest BCUT2D eigenvalue weighted by Crippen LogP contribution is -2.40. The van der Waals surface area contributed by atoms with Gasteiger partial charge in [-0.1, -0.05) is 18.6 Å². The smallest absolute Gasteiger partial charge is 0.387 e. The fourth-order valence-electron chi connectivity index (χ4n) is 3.52. The Kier molecular flexibility index (Phi) is 4.59. The van der Waals surface area contributed by atoms with Gasteiger partial charge in [-0.05, 0) is 37.1 Å². The number of anilines is 1. The van der Waals surface area contributed by atoms with E-state index in [1.54, 1.807) is 24.3 Å². The molecule has 27 heavy (non-hydrogen) atoms. The minimum Gasteiger partial charge on any atom is -0.448 e. The molecule has 1 fully saturated rings. The van der Waals surface area contributed by atoms with Gasteiger partial charge in [-0.15, -0.1) is 0 Å². The lowest BCUT2D eigenvalue weighted by molar-refractivity contribution is -0.105. The highest BCUT2D eigenvalue weighted by molar-refractivity contribution is 6.06. The van der Waals surface area contributed by atoms with Gasteiger partial charge in [0.1, 0.15) is 5.75 Å². The Morgan fingerprint density at radius 3 is 2.56 bits per heavy atom. The van der Waals surface area contributed by atoms with Gasteiger partial charge in [-0.3, -0.25) is 4.79 Å². The number of ether oxygens (including phenoxy) is 3. The van der Waals surface area contributed by atoms with Crippen LogP contribution >= 0.6 is 0 Å². The normalized spacial score (nSPS) is 17.1. The fourth-order valence-corrected chi connectivity index (χ4v) is 3.52. The molecule has 0 atom stereocenters. The first-order valence-corrected chi connectivity index (χ1v) is 8.92. The Morgan fingerprint density at radius 1 is 1.04 bits per heavy atom. The summed E-state index contributed by atoms with van der Waals surface area (Å²) in [6.45, 7) is -3.00. The number of nitrogens with one attached hydrogen (secondary N) is 1. The summed E-state index contributed by atoms with van der Waals surface area (Å²) in [4.78, 5) is 12.5. The maximum atomic E-state index is 12.5. The van der Waals surface area contributed by atoms with Gasteiger partial charge in [0.2, 0.25) is 0 Å². The standard InChI is InChI=1S/C20H19F2NO4/c21-19(22)25-15-7-3-2-6-14(15)18(24)23-13-8-9-16-17(12-13)27-20(26-16)10-4-1-5-11-20/h2-3,6-9,12,19H,1,4-5,10-11H2,(H,23,24). The molecule has 1 aliphatic heterocycles. The van der Waals surface area contributed by atoms with Gasteiger partial charge in [-0.25, -0.2) is 0 Å². The van der Waals surface area contributed by atoms with E-state index < -0.39 is 18.3 Å². The van der Waals surface area contributed by atoms with Crippen LogP contribution in [-0.4, -0.2) is 18.3 Å². The van der Waals surface area contributed by atoms with E-state index in [4.69, 9.17) is 9.47 Å². The SMILES string of the molecule is O=C(Nc1ccc2c(c1)OC1(CCCCC1)O2)c1ccccc1OC(F)F. The summed E-state index contributed by atoms with van der Waals surface area (Å²) < 4.78 is 41.5. The zero-order chi connectivity index (χ0) is 18.9. The van der Waals surface area contributed by atoms with Crippen LogP contribution in [-0.2, 0) is 0 Å². The lowest BCUT2D eigenvalue weighted by Gasteiger charge is -2.31. The number of hydrogen-bond donors (Lipinski definition) is 1. The number of rotatable bonds is 4. The molecule has 0 radical (unpaired) electrons. The third-order valence-corrected chi connectivity index (χ3v) is 4.76. The van der Waals surface area contributed by atoms with Crippen molar-refractivity contribution in [2.24, 2.45) is 0 Å². The molecule has 0 unspecified atom stereocenters. The number of fused-ring (bicyclic) bond motifs is 1. The van der Waals surface area contributed by atoms with E-state index in [0.29, 0.717) is 17.2 Å². The summed E-state index contributed by atoms with van der Waals surface area (Å²) in [5, 5.41) is 2.69. The maximum Gasteiger partial charge on any atom is 0.387 e. The Hall–Kier alpha value is -2.83. The molecule has 2 aromatic carbocycles. The van der Waals surface area contributed by atoms with E-state index in [9.17, 15) is 13.6 Å². The van der Waals surface area contributed by atoms with E-state index in [-0.39, 0.29) is 11.3 Å². The molecule has 0 aromatic heterocycles. The van der Waals surface area contributed by atoms with Crippen molar-refractivity contribution < 1.29 is 27.8 Å². The summed E-state index contributed by atoms with van der Waals surface area (Å²) in [5.41, 5.74) is 0.515. The molecule has 0 bridgehead atoms. The third-order valence-electron chi connectivity index (χ3n) is 4.76. The summed E-state index contributed by atoms with van der Waals surface area (Å²) in [6.07, 6.45) is 4.95. The second-order valence-corrected chi connectivity index (χ2v) is 6.67. The van der Waals surface area contributed by atoms with Crippen molar-refractivity contribution in [3.63, 3.8) is 0 Å². The van der Waals surface area contributed by atoms with Gasteiger partial charge < -0.3 is 19.5 Å². The van der Waals surface area contributed by atoms with Crippen molar-refractivity contribution in [2.45, 2.75) is 44.5 Å². The van der Waals surface area contributed by atoms with Crippen LogP contribution in [0.1, 0.15) is 42.5 Å². The molecule has 1 N–H and O–H groups in total. The fraction of sp³-hybridized carbons (Fsp3) is 0.350. The quantitative estimate of drug-likeness (QED) is 0.820. The number of alkyl halides is 2. The molecule has 1 heterocycles. The van der Waals surface area contributed by atoms with Crippen molar-refractivity contribution >= 4 is 11.6 Å². The number of halogens is 2. The Bertz CT molecular complexity index is 850. The highest BCUT2D eigenvalue weighted by Gasteiger charge is 2.42. The van der Waals surface area contributed by atoms with E-state index in [0.717, 1.165) is 25.7 Å². The summed E-state index contributed by atoms with van der Waals surface area (Å²) in [7, 11) is 0. The minimum absolute atomic E-state index is 0.0271. The molecule has 5 nitrogen and oxygen atoms in total. The molecule has 142 valence electrons. The van der Waals surface area contributed by atoms with Crippen LogP contribution < -0.4 is 19.5 Å². The number of para-hydroxylation sites is 1. The molecule has 1 aliphatic carbocycles. The van der Waals surface area contributed by atoms with E-state index in [1.807, 2.05) is 0 Å². The van der Waals surface area contributed by atoms with Crippen LogP contribution in [0.15, 0.2) is 42.5 Å². The van der Waals surface area contributed by atoms with Gasteiger partial charge in [0, 0.05) is 24.6 Å². The number of benzene rings is 2. The molecule has 4 rings (SSSR count). The number of hydrogen-bond acceptors (Lipinski definition) is 4. The second-order valence-electron chi connectivity index (χ2n) is 6.67. The van der Waals surface area contributed by atoms with Gasteiger partial charge in [0.25, 0.3) is 11.7 Å². The Labute approximate surface area is 155 Å². The first-order chi connectivity index (χ1) is 13.0. The second kappa shape index (κ2) is 7.06. The van der Waals surface area contributed by atoms with Crippen LogP contribution in [0.3, 0.4) is 0 Å². The molecule has 2 aliphatic rings. The largest absolute Gasteiger partial charge is 0.448 e. The number of carbonyl (C=O) groups excluding carboxylic acids is 1. The molecular formula is C20H19F2NO4. The van der Waals surface area contributed by atoms with Gasteiger partial charge in [0.15, 0.2) is 11.5 Å². The highest BCUT2D eigenvalue weighted by atomic mass is 19.3. The van der Waals surface area contributed by atoms with Crippen LogP contribution in [0, 0.1) is 0 Å².